The lowest BCUT2D eigenvalue weighted by Gasteiger charge is -2.20. The van der Waals surface area contributed by atoms with Crippen molar-refractivity contribution in [2.75, 3.05) is 0 Å². The van der Waals surface area contributed by atoms with Crippen LogP contribution in [0.3, 0.4) is 0 Å². The summed E-state index contributed by atoms with van der Waals surface area (Å²) in [5, 5.41) is 19.4. The predicted octanol–water partition coefficient (Wildman–Crippen LogP) is 5.52. The number of hydrogen-bond acceptors (Lipinski definition) is 3. The number of rotatable bonds is 4. The molecular formula is C15H10Cl4O4. The van der Waals surface area contributed by atoms with Crippen LogP contribution in [0.4, 0.5) is 0 Å². The molecule has 0 aliphatic carbocycles. The van der Waals surface area contributed by atoms with E-state index in [2.05, 4.69) is 0 Å². The van der Waals surface area contributed by atoms with Gasteiger partial charge < -0.3 is 14.9 Å². The maximum Gasteiger partial charge on any atom is 0.349 e. The molecule has 0 aliphatic heterocycles. The first-order chi connectivity index (χ1) is 10.7. The van der Waals surface area contributed by atoms with Crippen LogP contribution in [0.15, 0.2) is 24.3 Å². The molecule has 2 aromatic carbocycles. The van der Waals surface area contributed by atoms with Crippen molar-refractivity contribution in [2.45, 2.75) is 13.0 Å². The summed E-state index contributed by atoms with van der Waals surface area (Å²) in [5.74, 6) is -1.50. The lowest BCUT2D eigenvalue weighted by molar-refractivity contribution is -0.145. The van der Waals surface area contributed by atoms with E-state index in [0.717, 1.165) is 0 Å². The molecule has 0 amide bonds. The van der Waals surface area contributed by atoms with Crippen LogP contribution in [0.5, 0.6) is 11.5 Å². The number of ether oxygens (including phenoxy) is 1. The first-order valence-corrected chi connectivity index (χ1v) is 7.75. The second kappa shape index (κ2) is 7.05. The van der Waals surface area contributed by atoms with Crippen LogP contribution >= 0.6 is 46.4 Å². The van der Waals surface area contributed by atoms with Crippen LogP contribution in [0.25, 0.3) is 0 Å². The molecule has 0 aliphatic rings. The Labute approximate surface area is 152 Å². The molecule has 0 fully saturated rings. The number of carbonyl (C=O) groups is 1. The highest BCUT2D eigenvalue weighted by Crippen LogP contribution is 2.43. The zero-order valence-corrected chi connectivity index (χ0v) is 14.6. The SMILES string of the molecule is Cc1cc(Cl)ccc1OC(C(=O)O)c1c(Cl)cc(Cl)c(O)c1Cl. The fraction of sp³-hybridized carbons (Fsp3) is 0.133. The molecule has 2 aromatic rings. The maximum absolute atomic E-state index is 11.6. The van der Waals surface area contributed by atoms with Crippen LogP contribution in [0.2, 0.25) is 20.1 Å². The van der Waals surface area contributed by atoms with Crippen molar-refractivity contribution in [3.63, 3.8) is 0 Å². The summed E-state index contributed by atoms with van der Waals surface area (Å²) in [5.41, 5.74) is 0.547. The standard InChI is InChI=1S/C15H10Cl4O4/c1-6-4-7(16)2-3-10(6)23-14(15(21)22)11-8(17)5-9(18)13(20)12(11)19/h2-5,14,20H,1H3,(H,21,22). The molecule has 1 atom stereocenters. The minimum Gasteiger partial charge on any atom is -0.505 e. The molecule has 0 aromatic heterocycles. The van der Waals surface area contributed by atoms with Gasteiger partial charge in [0.1, 0.15) is 5.75 Å². The third-order valence-corrected chi connectivity index (χ3v) is 4.27. The summed E-state index contributed by atoms with van der Waals surface area (Å²) in [7, 11) is 0. The highest BCUT2D eigenvalue weighted by molar-refractivity contribution is 6.41. The molecule has 8 heteroatoms. The molecule has 0 saturated heterocycles. The van der Waals surface area contributed by atoms with Crippen molar-refractivity contribution < 1.29 is 19.7 Å². The molecule has 2 rings (SSSR count). The lowest BCUT2D eigenvalue weighted by atomic mass is 10.1. The highest BCUT2D eigenvalue weighted by Gasteiger charge is 2.30. The van der Waals surface area contributed by atoms with Gasteiger partial charge in [0.05, 0.1) is 15.1 Å². The minimum atomic E-state index is -1.53. The summed E-state index contributed by atoms with van der Waals surface area (Å²) in [4.78, 5) is 11.6. The van der Waals surface area contributed by atoms with E-state index in [0.29, 0.717) is 16.3 Å². The van der Waals surface area contributed by atoms with Gasteiger partial charge in [-0.2, -0.15) is 0 Å². The van der Waals surface area contributed by atoms with Crippen LogP contribution in [-0.4, -0.2) is 16.2 Å². The van der Waals surface area contributed by atoms with Gasteiger partial charge in [-0.1, -0.05) is 46.4 Å². The van der Waals surface area contributed by atoms with E-state index in [4.69, 9.17) is 51.1 Å². The van der Waals surface area contributed by atoms with Crippen LogP contribution in [0.1, 0.15) is 17.2 Å². The lowest BCUT2D eigenvalue weighted by Crippen LogP contribution is -2.19. The Morgan fingerprint density at radius 2 is 1.78 bits per heavy atom. The molecule has 4 nitrogen and oxygen atoms in total. The molecule has 0 spiro atoms. The maximum atomic E-state index is 11.6. The molecule has 0 radical (unpaired) electrons. The van der Waals surface area contributed by atoms with Crippen LogP contribution < -0.4 is 4.74 Å². The number of aromatic hydroxyl groups is 1. The van der Waals surface area contributed by atoms with E-state index in [1.54, 1.807) is 19.1 Å². The van der Waals surface area contributed by atoms with E-state index < -0.39 is 17.8 Å². The van der Waals surface area contributed by atoms with E-state index in [-0.39, 0.29) is 20.6 Å². The topological polar surface area (TPSA) is 66.8 Å². The second-order valence-corrected chi connectivity index (χ2v) is 6.29. The van der Waals surface area contributed by atoms with Crippen molar-refractivity contribution in [1.82, 2.24) is 0 Å². The molecule has 0 heterocycles. The normalized spacial score (nSPS) is 12.0. The molecule has 2 N–H and O–H groups in total. The van der Waals surface area contributed by atoms with Crippen LogP contribution in [0, 0.1) is 6.92 Å². The molecule has 1 unspecified atom stereocenters. The predicted molar refractivity (Wildman–Crippen MR) is 90.3 cm³/mol. The molecular weight excluding hydrogens is 386 g/mol. The number of aryl methyl sites for hydroxylation is 1. The Morgan fingerprint density at radius 3 is 2.35 bits per heavy atom. The van der Waals surface area contributed by atoms with E-state index >= 15 is 0 Å². The number of carboxylic acids is 1. The van der Waals surface area contributed by atoms with Gasteiger partial charge in [-0.15, -0.1) is 0 Å². The van der Waals surface area contributed by atoms with Gasteiger partial charge in [0.2, 0.25) is 6.10 Å². The summed E-state index contributed by atoms with van der Waals surface area (Å²) in [6.45, 7) is 1.71. The Morgan fingerprint density at radius 1 is 1.13 bits per heavy atom. The second-order valence-electron chi connectivity index (χ2n) is 4.66. The summed E-state index contributed by atoms with van der Waals surface area (Å²) in [6.07, 6.45) is -1.53. The fourth-order valence-electron chi connectivity index (χ4n) is 1.94. The van der Waals surface area contributed by atoms with Crippen molar-refractivity contribution >= 4 is 52.4 Å². The summed E-state index contributed by atoms with van der Waals surface area (Å²) < 4.78 is 5.52. The number of phenols is 1. The van der Waals surface area contributed by atoms with Crippen molar-refractivity contribution in [3.05, 3.63) is 55.5 Å². The number of hydrogen-bond donors (Lipinski definition) is 2. The summed E-state index contributed by atoms with van der Waals surface area (Å²) >= 11 is 23.6. The number of carboxylic acid groups (broad SMARTS) is 1. The third kappa shape index (κ3) is 3.78. The van der Waals surface area contributed by atoms with E-state index in [1.807, 2.05) is 0 Å². The molecule has 122 valence electrons. The monoisotopic (exact) mass is 394 g/mol. The molecule has 23 heavy (non-hydrogen) atoms. The van der Waals surface area contributed by atoms with Gasteiger partial charge in [-0.05, 0) is 36.8 Å². The Balaban J connectivity index is 2.52. The number of benzene rings is 2. The van der Waals surface area contributed by atoms with Gasteiger partial charge in [0, 0.05) is 10.6 Å². The fourth-order valence-corrected chi connectivity index (χ4v) is 3.13. The van der Waals surface area contributed by atoms with Crippen LogP contribution in [-0.2, 0) is 4.79 Å². The zero-order chi connectivity index (χ0) is 17.3. The van der Waals surface area contributed by atoms with E-state index in [9.17, 15) is 15.0 Å². The van der Waals surface area contributed by atoms with E-state index in [1.165, 1.54) is 12.1 Å². The Kier molecular flexibility index (Phi) is 5.53. The largest absolute Gasteiger partial charge is 0.505 e. The Hall–Kier alpha value is -1.33. The van der Waals surface area contributed by atoms with Gasteiger partial charge in [0.15, 0.2) is 5.75 Å². The minimum absolute atomic E-state index is 0.0307. The smallest absolute Gasteiger partial charge is 0.349 e. The number of phenolic OH excluding ortho intramolecular Hbond substituents is 1. The average Bonchev–Trinajstić information content (AvgIpc) is 2.46. The highest BCUT2D eigenvalue weighted by atomic mass is 35.5. The van der Waals surface area contributed by atoms with Gasteiger partial charge >= 0.3 is 5.97 Å². The molecule has 0 saturated carbocycles. The Bertz CT molecular complexity index is 777. The quantitative estimate of drug-likeness (QED) is 0.715. The number of halogens is 4. The van der Waals surface area contributed by atoms with Crippen molar-refractivity contribution in [2.24, 2.45) is 0 Å². The number of aliphatic carboxylic acids is 1. The zero-order valence-electron chi connectivity index (χ0n) is 11.6. The van der Waals surface area contributed by atoms with Crippen molar-refractivity contribution in [3.8, 4) is 11.5 Å². The third-order valence-electron chi connectivity index (χ3n) is 3.05. The molecule has 0 bridgehead atoms. The van der Waals surface area contributed by atoms with Gasteiger partial charge in [-0.3, -0.25) is 0 Å². The summed E-state index contributed by atoms with van der Waals surface area (Å²) in [6, 6.07) is 5.92. The van der Waals surface area contributed by atoms with Crippen molar-refractivity contribution in [1.29, 1.82) is 0 Å². The first kappa shape index (κ1) is 18.0. The van der Waals surface area contributed by atoms with Gasteiger partial charge in [-0.25, -0.2) is 4.79 Å². The average molecular weight is 396 g/mol. The first-order valence-electron chi connectivity index (χ1n) is 6.24. The van der Waals surface area contributed by atoms with Gasteiger partial charge in [0.25, 0.3) is 0 Å².